The lowest BCUT2D eigenvalue weighted by atomic mass is 9.96. The van der Waals surface area contributed by atoms with E-state index >= 15 is 0 Å². The lowest BCUT2D eigenvalue weighted by Gasteiger charge is -2.30. The summed E-state index contributed by atoms with van der Waals surface area (Å²) in [5.74, 6) is 1.42. The van der Waals surface area contributed by atoms with E-state index in [1.807, 2.05) is 6.08 Å². The molecule has 10 heteroatoms. The van der Waals surface area contributed by atoms with E-state index in [1.165, 1.54) is 23.5 Å². The number of rotatable bonds is 12. The maximum Gasteiger partial charge on any atom is 0.286 e. The van der Waals surface area contributed by atoms with Gasteiger partial charge in [-0.05, 0) is 67.9 Å². The summed E-state index contributed by atoms with van der Waals surface area (Å²) >= 11 is 0. The zero-order chi connectivity index (χ0) is 23.4. The zero-order valence-electron chi connectivity index (χ0n) is 18.8. The number of carbonyl (C=O) groups is 1. The van der Waals surface area contributed by atoms with Crippen molar-refractivity contribution >= 4 is 15.9 Å². The Bertz CT molecular complexity index is 956. The number of aliphatic hydroxyl groups is 1. The quantitative estimate of drug-likeness (QED) is 0.467. The maximum atomic E-state index is 13.0. The Hall–Kier alpha value is -2.14. The molecule has 2 fully saturated rings. The van der Waals surface area contributed by atoms with Crippen LogP contribution in [0.2, 0.25) is 0 Å². The van der Waals surface area contributed by atoms with Crippen molar-refractivity contribution in [3.8, 4) is 5.75 Å². The summed E-state index contributed by atoms with van der Waals surface area (Å²) in [6.45, 7) is -0.235. The van der Waals surface area contributed by atoms with Crippen LogP contribution in [0.4, 0.5) is 0 Å². The van der Waals surface area contributed by atoms with Crippen molar-refractivity contribution in [2.24, 2.45) is 11.8 Å². The first-order valence-corrected chi connectivity index (χ1v) is 12.9. The number of hydrogen-bond acceptors (Lipinski definition) is 7. The first kappa shape index (κ1) is 24.0. The highest BCUT2D eigenvalue weighted by atomic mass is 32.2. The number of aliphatic hydroxyl groups excluding tert-OH is 1. The molecular weight excluding hydrogens is 448 g/mol. The van der Waals surface area contributed by atoms with E-state index in [1.54, 1.807) is 12.1 Å². The fourth-order valence-electron chi connectivity index (χ4n) is 3.93. The summed E-state index contributed by atoms with van der Waals surface area (Å²) in [4.78, 5) is 12.6. The predicted molar refractivity (Wildman–Crippen MR) is 120 cm³/mol. The van der Waals surface area contributed by atoms with Gasteiger partial charge < -0.3 is 24.6 Å². The van der Waals surface area contributed by atoms with E-state index in [9.17, 15) is 18.3 Å². The van der Waals surface area contributed by atoms with Crippen molar-refractivity contribution in [3.05, 3.63) is 36.1 Å². The first-order chi connectivity index (χ1) is 15.9. The van der Waals surface area contributed by atoms with E-state index in [-0.39, 0.29) is 49.1 Å². The van der Waals surface area contributed by atoms with Crippen molar-refractivity contribution in [2.45, 2.75) is 49.3 Å². The van der Waals surface area contributed by atoms with Crippen LogP contribution in [0, 0.1) is 11.8 Å². The van der Waals surface area contributed by atoms with Crippen LogP contribution >= 0.6 is 0 Å². The van der Waals surface area contributed by atoms with Gasteiger partial charge in [0.2, 0.25) is 16.3 Å². The molecule has 4 rings (SSSR count). The molecule has 33 heavy (non-hydrogen) atoms. The third kappa shape index (κ3) is 6.26. The van der Waals surface area contributed by atoms with Gasteiger partial charge >= 0.3 is 0 Å². The van der Waals surface area contributed by atoms with Crippen molar-refractivity contribution in [1.29, 1.82) is 0 Å². The third-order valence-electron chi connectivity index (χ3n) is 6.14. The smallest absolute Gasteiger partial charge is 0.286 e. The molecule has 1 aromatic carbocycles. The monoisotopic (exact) mass is 480 g/mol. The minimum Gasteiger partial charge on any atom is -0.497 e. The number of ether oxygens (including phenoxy) is 3. The number of sulfonamides is 1. The Balaban J connectivity index is 1.36. The fourth-order valence-corrected chi connectivity index (χ4v) is 5.34. The van der Waals surface area contributed by atoms with Crippen molar-refractivity contribution in [2.75, 3.05) is 33.4 Å². The lowest BCUT2D eigenvalue weighted by Crippen LogP contribution is -2.38. The van der Waals surface area contributed by atoms with Crippen molar-refractivity contribution in [3.63, 3.8) is 0 Å². The third-order valence-corrected chi connectivity index (χ3v) is 8.06. The highest BCUT2D eigenvalue weighted by Gasteiger charge is 2.38. The molecule has 0 spiro atoms. The minimum atomic E-state index is -3.81. The Morgan fingerprint density at radius 1 is 1.18 bits per heavy atom. The highest BCUT2D eigenvalue weighted by Crippen LogP contribution is 2.42. The van der Waals surface area contributed by atoms with Gasteiger partial charge in [-0.15, -0.1) is 0 Å². The number of nitrogens with one attached hydrogen (secondary N) is 1. The Morgan fingerprint density at radius 2 is 1.91 bits per heavy atom. The predicted octanol–water partition coefficient (Wildman–Crippen LogP) is 1.63. The first-order valence-electron chi connectivity index (χ1n) is 11.5. The number of allylic oxidation sites excluding steroid dienone is 1. The van der Waals surface area contributed by atoms with Gasteiger partial charge in [0.1, 0.15) is 5.75 Å². The number of nitrogens with zero attached hydrogens (tertiary/aromatic N) is 1. The van der Waals surface area contributed by atoms with Crippen LogP contribution in [0.1, 0.15) is 32.1 Å². The minimum absolute atomic E-state index is 0.0518. The molecule has 3 aliphatic rings. The summed E-state index contributed by atoms with van der Waals surface area (Å²) in [5, 5.41) is 12.4. The van der Waals surface area contributed by atoms with E-state index in [0.717, 1.165) is 25.7 Å². The Labute approximate surface area is 194 Å². The molecule has 2 saturated carbocycles. The van der Waals surface area contributed by atoms with Crippen LogP contribution < -0.4 is 10.1 Å². The topological polar surface area (TPSA) is 114 Å². The summed E-state index contributed by atoms with van der Waals surface area (Å²) in [7, 11) is -2.30. The fraction of sp³-hybridized carbons (Fsp3) is 0.609. The van der Waals surface area contributed by atoms with Crippen LogP contribution in [0.25, 0.3) is 0 Å². The van der Waals surface area contributed by atoms with Gasteiger partial charge in [0.05, 0.1) is 25.2 Å². The number of benzene rings is 1. The number of methoxy groups -OCH3 is 1. The molecule has 182 valence electrons. The van der Waals surface area contributed by atoms with E-state index in [2.05, 4.69) is 5.32 Å². The molecule has 2 N–H and O–H groups in total. The van der Waals surface area contributed by atoms with Crippen molar-refractivity contribution < 1.29 is 32.5 Å². The van der Waals surface area contributed by atoms with Crippen LogP contribution in [0.3, 0.4) is 0 Å². The molecule has 9 nitrogen and oxygen atoms in total. The van der Waals surface area contributed by atoms with Crippen LogP contribution in [0.15, 0.2) is 41.0 Å². The Morgan fingerprint density at radius 3 is 2.52 bits per heavy atom. The zero-order valence-corrected chi connectivity index (χ0v) is 19.6. The van der Waals surface area contributed by atoms with Gasteiger partial charge in [0, 0.05) is 25.6 Å². The SMILES string of the molecule is COc1ccc(S(=O)(=O)N(CCO)CCO[C@@H]2C[C@H](C3CC3)C=C(C(=O)NC3CC3)O2)cc1. The number of hydrogen-bond donors (Lipinski definition) is 2. The second kappa shape index (κ2) is 10.4. The molecule has 0 saturated heterocycles. The summed E-state index contributed by atoms with van der Waals surface area (Å²) in [6.07, 6.45) is 6.20. The van der Waals surface area contributed by atoms with Gasteiger partial charge in [0.15, 0.2) is 5.76 Å². The molecule has 0 radical (unpaired) electrons. The Kier molecular flexibility index (Phi) is 7.58. The van der Waals surface area contributed by atoms with Gasteiger partial charge in [0.25, 0.3) is 5.91 Å². The van der Waals surface area contributed by atoms with E-state index < -0.39 is 16.3 Å². The standard InChI is InChI=1S/C23H32N2O7S/c1-30-19-6-8-20(9-7-19)33(28,29)25(10-12-26)11-13-31-22-15-17(16-2-3-16)14-21(32-22)23(27)24-18-4-5-18/h6-9,14,16-18,22,26H,2-5,10-13,15H2,1H3,(H,24,27)/t17-,22+/m1/s1. The summed E-state index contributed by atoms with van der Waals surface area (Å²) in [5.41, 5.74) is 0. The maximum absolute atomic E-state index is 13.0. The number of amides is 1. The van der Waals surface area contributed by atoms with E-state index in [4.69, 9.17) is 14.2 Å². The lowest BCUT2D eigenvalue weighted by molar-refractivity contribution is -0.150. The second-order valence-electron chi connectivity index (χ2n) is 8.74. The normalized spacial score (nSPS) is 23.1. The average Bonchev–Trinajstić information content (AvgIpc) is 3.73. The van der Waals surface area contributed by atoms with Gasteiger partial charge in [-0.3, -0.25) is 4.79 Å². The van der Waals surface area contributed by atoms with Crippen LogP contribution in [-0.2, 0) is 24.3 Å². The van der Waals surface area contributed by atoms with Gasteiger partial charge in [-0.25, -0.2) is 8.42 Å². The molecular formula is C23H32N2O7S. The molecule has 1 aromatic rings. The van der Waals surface area contributed by atoms with Gasteiger partial charge in [-0.2, -0.15) is 4.31 Å². The summed E-state index contributed by atoms with van der Waals surface area (Å²) < 4.78 is 44.0. The highest BCUT2D eigenvalue weighted by molar-refractivity contribution is 7.89. The molecule has 0 unspecified atom stereocenters. The summed E-state index contributed by atoms with van der Waals surface area (Å²) in [6, 6.07) is 6.33. The molecule has 1 aliphatic heterocycles. The molecule has 1 amide bonds. The largest absolute Gasteiger partial charge is 0.497 e. The van der Waals surface area contributed by atoms with E-state index in [0.29, 0.717) is 23.8 Å². The van der Waals surface area contributed by atoms with Gasteiger partial charge in [-0.1, -0.05) is 0 Å². The van der Waals surface area contributed by atoms with Crippen LogP contribution in [0.5, 0.6) is 5.75 Å². The van der Waals surface area contributed by atoms with Crippen molar-refractivity contribution in [1.82, 2.24) is 9.62 Å². The molecule has 2 aliphatic carbocycles. The number of carbonyl (C=O) groups excluding carboxylic acids is 1. The van der Waals surface area contributed by atoms with Crippen LogP contribution in [-0.4, -0.2) is 69.5 Å². The molecule has 2 atom stereocenters. The molecule has 0 aromatic heterocycles. The molecule has 0 bridgehead atoms. The molecule has 1 heterocycles. The average molecular weight is 481 g/mol. The second-order valence-corrected chi connectivity index (χ2v) is 10.7.